The topological polar surface area (TPSA) is 124 Å². The van der Waals surface area contributed by atoms with Gasteiger partial charge in [-0.2, -0.15) is 5.26 Å². The zero-order valence-electron chi connectivity index (χ0n) is 15.2. The molecule has 152 valence electrons. The Kier molecular flexibility index (Phi) is 8.68. The van der Waals surface area contributed by atoms with Gasteiger partial charge in [-0.15, -0.1) is 0 Å². The Labute approximate surface area is 177 Å². The molecule has 0 aliphatic heterocycles. The third kappa shape index (κ3) is 7.58. The maximum atomic E-state index is 12.0. The number of carbonyl (C=O) groups is 2. The van der Waals surface area contributed by atoms with Gasteiger partial charge in [-0.25, -0.2) is 0 Å². The number of aliphatic hydroxyl groups is 1. The summed E-state index contributed by atoms with van der Waals surface area (Å²) in [5.41, 5.74) is 0.447. The summed E-state index contributed by atoms with van der Waals surface area (Å²) in [5.74, 6) is -0.475. The highest BCUT2D eigenvalue weighted by Crippen LogP contribution is 2.26. The van der Waals surface area contributed by atoms with E-state index in [9.17, 15) is 14.7 Å². The summed E-state index contributed by atoms with van der Waals surface area (Å²) < 4.78 is 5.29. The lowest BCUT2D eigenvalue weighted by molar-refractivity contribution is -0.123. The third-order valence-electron chi connectivity index (χ3n) is 3.68. The second kappa shape index (κ2) is 11.2. The van der Waals surface area contributed by atoms with Crippen molar-refractivity contribution in [3.63, 3.8) is 0 Å². The minimum absolute atomic E-state index is 0.00159. The van der Waals surface area contributed by atoms with Gasteiger partial charge in [0, 0.05) is 25.4 Å². The Morgan fingerprint density at radius 2 is 2.00 bits per heavy atom. The Bertz CT molecular complexity index is 917. The number of hydrogen-bond acceptors (Lipinski definition) is 6. The SMILES string of the molecule is N#Cc1ccnc(C(=O)NCC[C@H](O)CNC(=O)COc2ccc(Cl)c(Cl)c2)c1. The van der Waals surface area contributed by atoms with Crippen molar-refractivity contribution in [3.8, 4) is 11.8 Å². The van der Waals surface area contributed by atoms with Gasteiger partial charge in [0.05, 0.1) is 27.8 Å². The summed E-state index contributed by atoms with van der Waals surface area (Å²) in [6, 6.07) is 9.43. The highest BCUT2D eigenvalue weighted by Gasteiger charge is 2.11. The number of pyridine rings is 1. The summed E-state index contributed by atoms with van der Waals surface area (Å²) in [6.07, 6.45) is 0.734. The van der Waals surface area contributed by atoms with Gasteiger partial charge in [0.25, 0.3) is 11.8 Å². The average Bonchev–Trinajstić information content (AvgIpc) is 2.73. The molecule has 0 saturated heterocycles. The fourth-order valence-corrected chi connectivity index (χ4v) is 2.46. The summed E-state index contributed by atoms with van der Waals surface area (Å²) in [7, 11) is 0. The molecule has 0 radical (unpaired) electrons. The number of carbonyl (C=O) groups excluding carboxylic acids is 2. The van der Waals surface area contributed by atoms with Gasteiger partial charge in [0.15, 0.2) is 6.61 Å². The van der Waals surface area contributed by atoms with Gasteiger partial charge in [-0.3, -0.25) is 14.6 Å². The molecule has 1 aromatic carbocycles. The van der Waals surface area contributed by atoms with E-state index in [1.165, 1.54) is 24.4 Å². The van der Waals surface area contributed by atoms with E-state index in [1.54, 1.807) is 12.1 Å². The van der Waals surface area contributed by atoms with Crippen LogP contribution < -0.4 is 15.4 Å². The molecule has 2 rings (SSSR count). The lowest BCUT2D eigenvalue weighted by atomic mass is 10.2. The smallest absolute Gasteiger partial charge is 0.269 e. The van der Waals surface area contributed by atoms with E-state index in [4.69, 9.17) is 33.2 Å². The van der Waals surface area contributed by atoms with Crippen LogP contribution >= 0.6 is 23.2 Å². The number of rotatable bonds is 9. The molecular weight excluding hydrogens is 419 g/mol. The van der Waals surface area contributed by atoms with Crippen LogP contribution in [-0.4, -0.2) is 47.7 Å². The minimum atomic E-state index is -0.859. The molecule has 2 aromatic rings. The number of aromatic nitrogens is 1. The molecule has 2 amide bonds. The van der Waals surface area contributed by atoms with Crippen molar-refractivity contribution >= 4 is 35.0 Å². The van der Waals surface area contributed by atoms with Gasteiger partial charge in [0.2, 0.25) is 0 Å². The second-order valence-corrected chi connectivity index (χ2v) is 6.72. The number of benzene rings is 1. The van der Waals surface area contributed by atoms with Crippen molar-refractivity contribution in [2.45, 2.75) is 12.5 Å². The molecule has 0 fully saturated rings. The maximum Gasteiger partial charge on any atom is 0.269 e. The first kappa shape index (κ1) is 22.4. The molecule has 0 aliphatic rings. The predicted octanol–water partition coefficient (Wildman–Crippen LogP) is 1.94. The van der Waals surface area contributed by atoms with Crippen molar-refractivity contribution in [2.24, 2.45) is 0 Å². The van der Waals surface area contributed by atoms with E-state index < -0.39 is 17.9 Å². The number of amides is 2. The number of nitrogens with zero attached hydrogens (tertiary/aromatic N) is 2. The van der Waals surface area contributed by atoms with Crippen LogP contribution in [0.5, 0.6) is 5.75 Å². The van der Waals surface area contributed by atoms with Crippen LogP contribution in [0.25, 0.3) is 0 Å². The van der Waals surface area contributed by atoms with Gasteiger partial charge in [-0.05, 0) is 30.7 Å². The first-order valence-electron chi connectivity index (χ1n) is 8.56. The van der Waals surface area contributed by atoms with E-state index >= 15 is 0 Å². The average molecular weight is 437 g/mol. The van der Waals surface area contributed by atoms with Crippen LogP contribution in [0.2, 0.25) is 10.0 Å². The summed E-state index contributed by atoms with van der Waals surface area (Å²) >= 11 is 11.7. The molecule has 0 spiro atoms. The predicted molar refractivity (Wildman–Crippen MR) is 107 cm³/mol. The molecule has 0 aliphatic carbocycles. The van der Waals surface area contributed by atoms with E-state index in [2.05, 4.69) is 15.6 Å². The minimum Gasteiger partial charge on any atom is -0.484 e. The van der Waals surface area contributed by atoms with E-state index in [1.807, 2.05) is 6.07 Å². The molecule has 10 heteroatoms. The Hall–Kier alpha value is -2.86. The molecule has 3 N–H and O–H groups in total. The molecule has 0 bridgehead atoms. The fraction of sp³-hybridized carbons (Fsp3) is 0.263. The largest absolute Gasteiger partial charge is 0.484 e. The van der Waals surface area contributed by atoms with Gasteiger partial charge < -0.3 is 20.5 Å². The van der Waals surface area contributed by atoms with Crippen LogP contribution in [0.4, 0.5) is 0 Å². The van der Waals surface area contributed by atoms with Gasteiger partial charge in [0.1, 0.15) is 11.4 Å². The zero-order chi connectivity index (χ0) is 21.2. The Balaban J connectivity index is 1.65. The molecule has 29 heavy (non-hydrogen) atoms. The molecular formula is C19H18Cl2N4O4. The molecule has 1 heterocycles. The number of nitriles is 1. The van der Waals surface area contributed by atoms with Crippen molar-refractivity contribution in [3.05, 3.63) is 57.8 Å². The number of aliphatic hydroxyl groups excluding tert-OH is 1. The first-order chi connectivity index (χ1) is 13.9. The highest BCUT2D eigenvalue weighted by molar-refractivity contribution is 6.42. The van der Waals surface area contributed by atoms with E-state index in [0.29, 0.717) is 21.4 Å². The van der Waals surface area contributed by atoms with E-state index in [0.717, 1.165) is 0 Å². The molecule has 1 atom stereocenters. The van der Waals surface area contributed by atoms with Gasteiger partial charge in [-0.1, -0.05) is 23.2 Å². The lowest BCUT2D eigenvalue weighted by Crippen LogP contribution is -2.37. The molecule has 1 aromatic heterocycles. The zero-order valence-corrected chi connectivity index (χ0v) is 16.7. The van der Waals surface area contributed by atoms with Crippen LogP contribution in [0, 0.1) is 11.3 Å². The number of nitrogens with one attached hydrogen (secondary N) is 2. The van der Waals surface area contributed by atoms with Crippen molar-refractivity contribution in [1.82, 2.24) is 15.6 Å². The summed E-state index contributed by atoms with van der Waals surface area (Å²) in [5, 5.41) is 24.6. The van der Waals surface area contributed by atoms with Crippen LogP contribution in [0.3, 0.4) is 0 Å². The monoisotopic (exact) mass is 436 g/mol. The van der Waals surface area contributed by atoms with E-state index in [-0.39, 0.29) is 31.8 Å². The summed E-state index contributed by atoms with van der Waals surface area (Å²) in [4.78, 5) is 27.6. The quantitative estimate of drug-likeness (QED) is 0.551. The van der Waals surface area contributed by atoms with Crippen molar-refractivity contribution in [1.29, 1.82) is 5.26 Å². The highest BCUT2D eigenvalue weighted by atomic mass is 35.5. The number of halogens is 2. The summed E-state index contributed by atoms with van der Waals surface area (Å²) in [6.45, 7) is -0.0714. The normalized spacial score (nSPS) is 11.2. The van der Waals surface area contributed by atoms with Crippen molar-refractivity contribution < 1.29 is 19.4 Å². The maximum absolute atomic E-state index is 12.0. The Morgan fingerprint density at radius 1 is 1.21 bits per heavy atom. The third-order valence-corrected chi connectivity index (χ3v) is 4.42. The molecule has 8 nitrogen and oxygen atoms in total. The fourth-order valence-electron chi connectivity index (χ4n) is 2.17. The van der Waals surface area contributed by atoms with Crippen LogP contribution in [0.15, 0.2) is 36.5 Å². The second-order valence-electron chi connectivity index (χ2n) is 5.91. The number of hydrogen-bond donors (Lipinski definition) is 3. The van der Waals surface area contributed by atoms with Crippen molar-refractivity contribution in [2.75, 3.05) is 19.7 Å². The Morgan fingerprint density at radius 3 is 2.72 bits per heavy atom. The first-order valence-corrected chi connectivity index (χ1v) is 9.31. The van der Waals surface area contributed by atoms with Crippen LogP contribution in [0.1, 0.15) is 22.5 Å². The molecule has 0 saturated carbocycles. The lowest BCUT2D eigenvalue weighted by Gasteiger charge is -2.13. The standard InChI is InChI=1S/C19H18Cl2N4O4/c20-15-2-1-14(8-16(15)21)29-11-18(27)25-10-13(26)4-6-24-19(28)17-7-12(9-22)3-5-23-17/h1-3,5,7-8,13,26H,4,6,10-11H2,(H,24,28)(H,25,27)/t13-/m0/s1. The van der Waals surface area contributed by atoms with Gasteiger partial charge >= 0.3 is 0 Å². The van der Waals surface area contributed by atoms with Crippen LogP contribution in [-0.2, 0) is 4.79 Å². The molecule has 0 unspecified atom stereocenters. The number of ether oxygens (including phenoxy) is 1.